The molecule has 1 aromatic heterocycles. The summed E-state index contributed by atoms with van der Waals surface area (Å²) >= 11 is 0. The minimum Gasteiger partial charge on any atom is -0.390 e. The van der Waals surface area contributed by atoms with Gasteiger partial charge in [-0.05, 0) is 29.2 Å². The largest absolute Gasteiger partial charge is 0.390 e. The van der Waals surface area contributed by atoms with Gasteiger partial charge in [0.15, 0.2) is 5.78 Å². The lowest BCUT2D eigenvalue weighted by molar-refractivity contribution is 0.0812. The first-order valence-electron chi connectivity index (χ1n) is 10.5. The molecule has 0 aliphatic carbocycles. The lowest BCUT2D eigenvalue weighted by Crippen LogP contribution is -2.43. The van der Waals surface area contributed by atoms with E-state index in [-0.39, 0.29) is 11.8 Å². The number of carbonyl (C=O) groups is 2. The van der Waals surface area contributed by atoms with Gasteiger partial charge in [-0.2, -0.15) is 0 Å². The summed E-state index contributed by atoms with van der Waals surface area (Å²) in [4.78, 5) is 34.0. The fraction of sp³-hybridized carbons (Fsp3) is 0.435. The van der Waals surface area contributed by atoms with Crippen molar-refractivity contribution >= 4 is 11.8 Å². The summed E-state index contributed by atoms with van der Waals surface area (Å²) in [6, 6.07) is 11.9. The number of aliphatic hydroxyl groups excluding tert-OH is 1. The molecule has 1 unspecified atom stereocenters. The lowest BCUT2D eigenvalue weighted by atomic mass is 10.00. The Morgan fingerprint density at radius 3 is 2.57 bits per heavy atom. The number of fused-ring (bicyclic) bond motifs is 1. The highest BCUT2D eigenvalue weighted by Crippen LogP contribution is 2.19. The molecule has 1 fully saturated rings. The van der Waals surface area contributed by atoms with Crippen LogP contribution in [0.5, 0.6) is 0 Å². The highest BCUT2D eigenvalue weighted by Gasteiger charge is 2.30. The Kier molecular flexibility index (Phi) is 6.11. The number of β-amino-alcohol motifs (C(OH)–C–C–N with tert-alkyl or cyclic N) is 1. The monoisotopic (exact) mass is 408 g/mol. The van der Waals surface area contributed by atoms with Crippen molar-refractivity contribution in [3.8, 4) is 0 Å². The van der Waals surface area contributed by atoms with Crippen molar-refractivity contribution in [2.45, 2.75) is 32.5 Å². The third-order valence-electron chi connectivity index (χ3n) is 5.85. The molecule has 4 rings (SSSR count). The van der Waals surface area contributed by atoms with Gasteiger partial charge in [-0.25, -0.2) is 4.79 Å². The normalized spacial score (nSPS) is 17.9. The van der Waals surface area contributed by atoms with Crippen molar-refractivity contribution in [2.75, 3.05) is 32.7 Å². The Morgan fingerprint density at radius 1 is 1.07 bits per heavy atom. The molecule has 7 nitrogen and oxygen atoms in total. The van der Waals surface area contributed by atoms with E-state index < -0.39 is 6.10 Å². The Hall–Kier alpha value is -2.77. The Balaban J connectivity index is 1.27. The molecule has 2 aromatic rings. The second-order valence-electron chi connectivity index (χ2n) is 8.17. The number of aromatic nitrogens is 1. The molecule has 3 heterocycles. The SMILES string of the molecule is CC(=O)c1ccc(CN2CCN(CC(O)CN3CCc4ccccc4C3)C2=O)cn1. The number of nitrogens with zero attached hydrogens (tertiary/aromatic N) is 4. The summed E-state index contributed by atoms with van der Waals surface area (Å²) in [6.45, 7) is 5.85. The zero-order valence-electron chi connectivity index (χ0n) is 17.3. The van der Waals surface area contributed by atoms with E-state index in [4.69, 9.17) is 0 Å². The van der Waals surface area contributed by atoms with Gasteiger partial charge in [0, 0.05) is 58.9 Å². The van der Waals surface area contributed by atoms with E-state index >= 15 is 0 Å². The first kappa shape index (κ1) is 20.5. The van der Waals surface area contributed by atoms with Crippen LogP contribution in [-0.4, -0.2) is 75.4 Å². The Labute approximate surface area is 176 Å². The van der Waals surface area contributed by atoms with Crippen LogP contribution >= 0.6 is 0 Å². The molecule has 1 atom stereocenters. The van der Waals surface area contributed by atoms with Crippen molar-refractivity contribution in [3.63, 3.8) is 0 Å². The van der Waals surface area contributed by atoms with Crippen molar-refractivity contribution < 1.29 is 14.7 Å². The van der Waals surface area contributed by atoms with E-state index in [1.807, 2.05) is 6.07 Å². The molecule has 0 bridgehead atoms. The molecule has 158 valence electrons. The van der Waals surface area contributed by atoms with Gasteiger partial charge in [-0.1, -0.05) is 30.3 Å². The predicted molar refractivity (Wildman–Crippen MR) is 113 cm³/mol. The number of hydrogen-bond acceptors (Lipinski definition) is 5. The summed E-state index contributed by atoms with van der Waals surface area (Å²) in [5.41, 5.74) is 4.03. The maximum atomic E-state index is 12.7. The van der Waals surface area contributed by atoms with E-state index in [1.165, 1.54) is 18.1 Å². The fourth-order valence-electron chi connectivity index (χ4n) is 4.22. The van der Waals surface area contributed by atoms with Crippen molar-refractivity contribution in [1.29, 1.82) is 0 Å². The van der Waals surface area contributed by atoms with Crippen LogP contribution in [0.15, 0.2) is 42.6 Å². The second kappa shape index (κ2) is 8.93. The summed E-state index contributed by atoms with van der Waals surface area (Å²) in [5.74, 6) is -0.0730. The second-order valence-corrected chi connectivity index (χ2v) is 8.17. The standard InChI is InChI=1S/C23H28N4O3/c1-17(28)22-7-6-18(12-24-22)13-26-10-11-27(23(26)30)16-21(29)15-25-9-8-19-4-2-3-5-20(19)14-25/h2-7,12,21,29H,8-11,13-16H2,1H3. The third kappa shape index (κ3) is 4.68. The van der Waals surface area contributed by atoms with Gasteiger partial charge >= 0.3 is 6.03 Å². The van der Waals surface area contributed by atoms with Crippen molar-refractivity contribution in [3.05, 3.63) is 65.0 Å². The molecule has 7 heteroatoms. The number of ketones is 1. The van der Waals surface area contributed by atoms with Gasteiger partial charge in [0.05, 0.1) is 6.10 Å². The number of carbonyl (C=O) groups excluding carboxylic acids is 2. The molecule has 2 amide bonds. The van der Waals surface area contributed by atoms with Gasteiger partial charge in [0.25, 0.3) is 0 Å². The molecule has 2 aliphatic rings. The average Bonchev–Trinajstić information content (AvgIpc) is 3.07. The minimum absolute atomic E-state index is 0.0614. The molecule has 1 saturated heterocycles. The van der Waals surface area contributed by atoms with Crippen molar-refractivity contribution in [1.82, 2.24) is 19.7 Å². The van der Waals surface area contributed by atoms with Gasteiger partial charge in [-0.3, -0.25) is 14.7 Å². The third-order valence-corrected chi connectivity index (χ3v) is 5.85. The molecule has 1 N–H and O–H groups in total. The Bertz CT molecular complexity index is 915. The quantitative estimate of drug-likeness (QED) is 0.709. The van der Waals surface area contributed by atoms with E-state index in [0.717, 1.165) is 25.1 Å². The average molecular weight is 409 g/mol. The molecule has 30 heavy (non-hydrogen) atoms. The number of benzene rings is 1. The van der Waals surface area contributed by atoms with Crippen LogP contribution < -0.4 is 0 Å². The van der Waals surface area contributed by atoms with Crippen LogP contribution in [0.1, 0.15) is 34.1 Å². The number of aliphatic hydroxyl groups is 1. The van der Waals surface area contributed by atoms with Crippen LogP contribution in [-0.2, 0) is 19.5 Å². The molecule has 0 spiro atoms. The highest BCUT2D eigenvalue weighted by molar-refractivity contribution is 5.92. The smallest absolute Gasteiger partial charge is 0.320 e. The number of pyridine rings is 1. The highest BCUT2D eigenvalue weighted by atomic mass is 16.3. The van der Waals surface area contributed by atoms with Crippen LogP contribution in [0.3, 0.4) is 0 Å². The predicted octanol–water partition coefficient (Wildman–Crippen LogP) is 1.94. The maximum Gasteiger partial charge on any atom is 0.320 e. The van der Waals surface area contributed by atoms with Gasteiger partial charge < -0.3 is 14.9 Å². The fourth-order valence-corrected chi connectivity index (χ4v) is 4.22. The molecule has 1 aromatic carbocycles. The van der Waals surface area contributed by atoms with Gasteiger partial charge in [-0.15, -0.1) is 0 Å². The zero-order chi connectivity index (χ0) is 21.1. The van der Waals surface area contributed by atoms with E-state index in [1.54, 1.807) is 22.1 Å². The van der Waals surface area contributed by atoms with Crippen LogP contribution in [0.25, 0.3) is 0 Å². The summed E-state index contributed by atoms with van der Waals surface area (Å²) < 4.78 is 0. The molecular formula is C23H28N4O3. The minimum atomic E-state index is -0.573. The topological polar surface area (TPSA) is 77.0 Å². The van der Waals surface area contributed by atoms with Gasteiger partial charge in [0.2, 0.25) is 0 Å². The van der Waals surface area contributed by atoms with E-state index in [0.29, 0.717) is 38.4 Å². The summed E-state index contributed by atoms with van der Waals surface area (Å²) in [6.07, 6.45) is 2.07. The number of rotatable bonds is 7. The number of amides is 2. The first-order chi connectivity index (χ1) is 14.5. The summed E-state index contributed by atoms with van der Waals surface area (Å²) in [5, 5.41) is 10.6. The van der Waals surface area contributed by atoms with Crippen LogP contribution in [0.2, 0.25) is 0 Å². The Morgan fingerprint density at radius 2 is 1.83 bits per heavy atom. The molecule has 0 radical (unpaired) electrons. The first-order valence-corrected chi connectivity index (χ1v) is 10.5. The molecule has 0 saturated carbocycles. The summed E-state index contributed by atoms with van der Waals surface area (Å²) in [7, 11) is 0. The van der Waals surface area contributed by atoms with E-state index in [9.17, 15) is 14.7 Å². The van der Waals surface area contributed by atoms with Crippen molar-refractivity contribution in [2.24, 2.45) is 0 Å². The molecule has 2 aliphatic heterocycles. The lowest BCUT2D eigenvalue weighted by Gasteiger charge is -2.31. The number of urea groups is 1. The number of hydrogen-bond donors (Lipinski definition) is 1. The number of Topliss-reactive ketones (excluding diaryl/α,β-unsaturated/α-hetero) is 1. The maximum absolute atomic E-state index is 12.7. The zero-order valence-corrected chi connectivity index (χ0v) is 17.3. The van der Waals surface area contributed by atoms with Gasteiger partial charge in [0.1, 0.15) is 5.69 Å². The van der Waals surface area contributed by atoms with E-state index in [2.05, 4.69) is 34.1 Å². The molecular weight excluding hydrogens is 380 g/mol. The van der Waals surface area contributed by atoms with Crippen LogP contribution in [0, 0.1) is 0 Å². The van der Waals surface area contributed by atoms with Crippen LogP contribution in [0.4, 0.5) is 4.79 Å².